The first-order valence-corrected chi connectivity index (χ1v) is 7.52. The largest absolute Gasteiger partial charge is 0.492 e. The number of hydrogen-bond acceptors (Lipinski definition) is 2. The van der Waals surface area contributed by atoms with Gasteiger partial charge in [0.15, 0.2) is 0 Å². The standard InChI is InChI=1S/C11H19NO.C4H4S/c1-3-4-5-6-7-13-11-9-12-8-10(11)2;1-2-4-5-3-1/h8-9,12H,3-7H2,1-2H3;1-4H. The van der Waals surface area contributed by atoms with E-state index in [-0.39, 0.29) is 0 Å². The summed E-state index contributed by atoms with van der Waals surface area (Å²) < 4.78 is 5.59. The molecular formula is C15H23NOS. The van der Waals surface area contributed by atoms with Crippen LogP contribution in [0.3, 0.4) is 0 Å². The minimum atomic E-state index is 0.846. The number of unbranched alkanes of at least 4 members (excludes halogenated alkanes) is 3. The van der Waals surface area contributed by atoms with E-state index in [2.05, 4.69) is 18.8 Å². The van der Waals surface area contributed by atoms with Crippen LogP contribution < -0.4 is 4.74 Å². The van der Waals surface area contributed by atoms with E-state index in [1.54, 1.807) is 11.3 Å². The Hall–Kier alpha value is -1.22. The summed E-state index contributed by atoms with van der Waals surface area (Å²) in [6, 6.07) is 4.04. The van der Waals surface area contributed by atoms with Crippen molar-refractivity contribution in [2.24, 2.45) is 0 Å². The van der Waals surface area contributed by atoms with E-state index in [9.17, 15) is 0 Å². The van der Waals surface area contributed by atoms with E-state index in [4.69, 9.17) is 4.74 Å². The molecule has 2 aromatic heterocycles. The van der Waals surface area contributed by atoms with Gasteiger partial charge in [-0.15, -0.1) is 0 Å². The normalized spacial score (nSPS) is 9.67. The van der Waals surface area contributed by atoms with Gasteiger partial charge in [0.05, 0.1) is 6.61 Å². The first kappa shape index (κ1) is 14.8. The van der Waals surface area contributed by atoms with Gasteiger partial charge in [0.2, 0.25) is 0 Å². The monoisotopic (exact) mass is 265 g/mol. The molecule has 3 heteroatoms. The van der Waals surface area contributed by atoms with Crippen molar-refractivity contribution >= 4 is 11.3 Å². The van der Waals surface area contributed by atoms with Crippen LogP contribution in [0.15, 0.2) is 35.3 Å². The van der Waals surface area contributed by atoms with Gasteiger partial charge in [-0.3, -0.25) is 0 Å². The molecule has 0 spiro atoms. The fourth-order valence-corrected chi connectivity index (χ4v) is 1.97. The lowest BCUT2D eigenvalue weighted by Gasteiger charge is -2.04. The summed E-state index contributed by atoms with van der Waals surface area (Å²) >= 11 is 1.71. The zero-order valence-corrected chi connectivity index (χ0v) is 12.1. The third-order valence-electron chi connectivity index (χ3n) is 2.58. The minimum Gasteiger partial charge on any atom is -0.492 e. The van der Waals surface area contributed by atoms with E-state index < -0.39 is 0 Å². The maximum atomic E-state index is 5.59. The van der Waals surface area contributed by atoms with E-state index in [0.29, 0.717) is 0 Å². The van der Waals surface area contributed by atoms with Gasteiger partial charge >= 0.3 is 0 Å². The van der Waals surface area contributed by atoms with Gasteiger partial charge < -0.3 is 9.72 Å². The quantitative estimate of drug-likeness (QED) is 0.728. The Morgan fingerprint density at radius 2 is 1.89 bits per heavy atom. The van der Waals surface area contributed by atoms with Gasteiger partial charge in [-0.2, -0.15) is 11.3 Å². The Labute approximate surface area is 114 Å². The van der Waals surface area contributed by atoms with E-state index in [1.165, 1.54) is 31.2 Å². The van der Waals surface area contributed by atoms with Crippen molar-refractivity contribution in [2.45, 2.75) is 39.5 Å². The average molecular weight is 265 g/mol. The molecule has 0 atom stereocenters. The number of nitrogens with one attached hydrogen (secondary N) is 1. The summed E-state index contributed by atoms with van der Waals surface area (Å²) in [6.45, 7) is 5.12. The van der Waals surface area contributed by atoms with Crippen molar-refractivity contribution in [1.29, 1.82) is 0 Å². The number of hydrogen-bond donors (Lipinski definition) is 1. The van der Waals surface area contributed by atoms with Crippen LogP contribution >= 0.6 is 11.3 Å². The first-order chi connectivity index (χ1) is 8.84. The molecule has 0 bridgehead atoms. The van der Waals surface area contributed by atoms with Crippen LogP contribution in [0.2, 0.25) is 0 Å². The summed E-state index contributed by atoms with van der Waals surface area (Å²) in [6.07, 6.45) is 8.91. The Bertz CT molecular complexity index is 364. The number of aryl methyl sites for hydroxylation is 1. The Kier molecular flexibility index (Phi) is 8.06. The average Bonchev–Trinajstić information content (AvgIpc) is 3.04. The molecule has 2 aromatic rings. The molecule has 0 aromatic carbocycles. The lowest BCUT2D eigenvalue weighted by Crippen LogP contribution is -1.96. The molecule has 0 radical (unpaired) electrons. The van der Waals surface area contributed by atoms with Gasteiger partial charge in [-0.05, 0) is 24.1 Å². The second-order valence-electron chi connectivity index (χ2n) is 4.20. The molecule has 2 heterocycles. The number of ether oxygens (including phenoxy) is 1. The van der Waals surface area contributed by atoms with Crippen LogP contribution in [-0.2, 0) is 0 Å². The van der Waals surface area contributed by atoms with Gasteiger partial charge in [0.1, 0.15) is 5.75 Å². The second kappa shape index (κ2) is 9.77. The van der Waals surface area contributed by atoms with Crippen LogP contribution in [0.4, 0.5) is 0 Å². The third kappa shape index (κ3) is 6.50. The predicted octanol–water partition coefficient (Wildman–Crippen LogP) is 5.03. The van der Waals surface area contributed by atoms with Crippen molar-refractivity contribution < 1.29 is 4.74 Å². The van der Waals surface area contributed by atoms with Crippen LogP contribution in [0.25, 0.3) is 0 Å². The van der Waals surface area contributed by atoms with Crippen molar-refractivity contribution in [3.05, 3.63) is 40.8 Å². The summed E-state index contributed by atoms with van der Waals surface area (Å²) in [7, 11) is 0. The first-order valence-electron chi connectivity index (χ1n) is 6.58. The lowest BCUT2D eigenvalue weighted by atomic mass is 10.2. The van der Waals surface area contributed by atoms with Crippen LogP contribution in [0.5, 0.6) is 5.75 Å². The van der Waals surface area contributed by atoms with E-state index in [0.717, 1.165) is 12.4 Å². The fraction of sp³-hybridized carbons (Fsp3) is 0.467. The molecule has 0 fully saturated rings. The van der Waals surface area contributed by atoms with Crippen molar-refractivity contribution in [3.8, 4) is 5.75 Å². The van der Waals surface area contributed by atoms with Crippen molar-refractivity contribution in [2.75, 3.05) is 6.61 Å². The number of H-pyrrole nitrogens is 1. The maximum Gasteiger partial charge on any atom is 0.139 e. The zero-order chi connectivity index (χ0) is 13.1. The van der Waals surface area contributed by atoms with Crippen molar-refractivity contribution in [3.63, 3.8) is 0 Å². The fourth-order valence-electron chi connectivity index (χ4n) is 1.52. The van der Waals surface area contributed by atoms with Gasteiger partial charge in [0.25, 0.3) is 0 Å². The predicted molar refractivity (Wildman–Crippen MR) is 79.5 cm³/mol. The Morgan fingerprint density at radius 3 is 2.39 bits per heavy atom. The molecule has 18 heavy (non-hydrogen) atoms. The van der Waals surface area contributed by atoms with Crippen molar-refractivity contribution in [1.82, 2.24) is 4.98 Å². The highest BCUT2D eigenvalue weighted by molar-refractivity contribution is 7.07. The summed E-state index contributed by atoms with van der Waals surface area (Å²) in [5, 5.41) is 4.08. The molecule has 0 amide bonds. The molecule has 0 aliphatic carbocycles. The minimum absolute atomic E-state index is 0.846. The summed E-state index contributed by atoms with van der Waals surface area (Å²) in [4.78, 5) is 3.03. The molecule has 0 aliphatic rings. The highest BCUT2D eigenvalue weighted by Crippen LogP contribution is 2.15. The smallest absolute Gasteiger partial charge is 0.139 e. The molecule has 0 aliphatic heterocycles. The Balaban J connectivity index is 0.000000269. The lowest BCUT2D eigenvalue weighted by molar-refractivity contribution is 0.303. The van der Waals surface area contributed by atoms with E-state index >= 15 is 0 Å². The third-order valence-corrected chi connectivity index (χ3v) is 3.21. The number of aromatic nitrogens is 1. The molecule has 2 nitrogen and oxygen atoms in total. The molecule has 1 N–H and O–H groups in total. The number of rotatable bonds is 6. The highest BCUT2D eigenvalue weighted by atomic mass is 32.1. The SMILES string of the molecule is CCCCCCOc1c[nH]cc1C.c1ccsc1. The summed E-state index contributed by atoms with van der Waals surface area (Å²) in [5.74, 6) is 0.997. The second-order valence-corrected chi connectivity index (χ2v) is 5.02. The molecule has 0 unspecified atom stereocenters. The van der Waals surface area contributed by atoms with Crippen LogP contribution in [-0.4, -0.2) is 11.6 Å². The number of aromatic amines is 1. The molecule has 0 saturated carbocycles. The highest BCUT2D eigenvalue weighted by Gasteiger charge is 1.98. The maximum absolute atomic E-state index is 5.59. The van der Waals surface area contributed by atoms with Gasteiger partial charge in [-0.1, -0.05) is 38.3 Å². The van der Waals surface area contributed by atoms with Gasteiger partial charge in [-0.25, -0.2) is 0 Å². The van der Waals surface area contributed by atoms with E-state index in [1.807, 2.05) is 35.3 Å². The number of thiophene rings is 1. The molecular weight excluding hydrogens is 242 g/mol. The summed E-state index contributed by atoms with van der Waals surface area (Å²) in [5.41, 5.74) is 1.19. The van der Waals surface area contributed by atoms with Crippen LogP contribution in [0, 0.1) is 6.92 Å². The molecule has 2 rings (SSSR count). The topological polar surface area (TPSA) is 25.0 Å². The molecule has 100 valence electrons. The zero-order valence-electron chi connectivity index (χ0n) is 11.3. The molecule has 0 saturated heterocycles. The van der Waals surface area contributed by atoms with Gasteiger partial charge in [0, 0.05) is 18.0 Å². The van der Waals surface area contributed by atoms with Crippen LogP contribution in [0.1, 0.15) is 38.2 Å². The Morgan fingerprint density at radius 1 is 1.11 bits per heavy atom.